The van der Waals surface area contributed by atoms with Crippen molar-refractivity contribution in [2.24, 2.45) is 5.92 Å². The first kappa shape index (κ1) is 15.9. The number of nitrogens with zero attached hydrogens (tertiary/aromatic N) is 1. The van der Waals surface area contributed by atoms with Crippen LogP contribution in [-0.2, 0) is 6.54 Å². The Balaban J connectivity index is 2.01. The SMILES string of the molecule is COc1ccc(CN(C)CC2CCCC2)cc1C#CCO. The van der Waals surface area contributed by atoms with Gasteiger partial charge in [-0.15, -0.1) is 0 Å². The van der Waals surface area contributed by atoms with E-state index in [1.54, 1.807) is 7.11 Å². The predicted molar refractivity (Wildman–Crippen MR) is 85.2 cm³/mol. The number of aliphatic hydroxyl groups excluding tert-OH is 1. The molecule has 1 N–H and O–H groups in total. The van der Waals surface area contributed by atoms with E-state index in [-0.39, 0.29) is 6.61 Å². The third-order valence-electron chi connectivity index (χ3n) is 4.06. The van der Waals surface area contributed by atoms with Gasteiger partial charge in [-0.25, -0.2) is 0 Å². The number of rotatable bonds is 5. The molecule has 0 bridgehead atoms. The molecular weight excluding hydrogens is 262 g/mol. The van der Waals surface area contributed by atoms with E-state index in [1.165, 1.54) is 37.8 Å². The van der Waals surface area contributed by atoms with E-state index in [4.69, 9.17) is 9.84 Å². The Morgan fingerprint density at radius 2 is 2.10 bits per heavy atom. The molecule has 0 aliphatic heterocycles. The third kappa shape index (κ3) is 4.77. The zero-order chi connectivity index (χ0) is 15.1. The third-order valence-corrected chi connectivity index (χ3v) is 4.06. The molecular formula is C18H25NO2. The Morgan fingerprint density at radius 1 is 1.33 bits per heavy atom. The topological polar surface area (TPSA) is 32.7 Å². The molecule has 0 aromatic heterocycles. The average Bonchev–Trinajstić information content (AvgIpc) is 2.98. The van der Waals surface area contributed by atoms with Crippen molar-refractivity contribution >= 4 is 0 Å². The summed E-state index contributed by atoms with van der Waals surface area (Å²) in [6, 6.07) is 6.11. The standard InChI is InChI=1S/C18H25NO2/c1-19(13-15-6-3-4-7-15)14-16-9-10-18(21-2)17(12-16)8-5-11-20/h9-10,12,15,20H,3-4,6-7,11,13-14H2,1-2H3. The maximum atomic E-state index is 8.84. The van der Waals surface area contributed by atoms with Crippen molar-refractivity contribution in [2.75, 3.05) is 27.3 Å². The highest BCUT2D eigenvalue weighted by Gasteiger charge is 2.16. The van der Waals surface area contributed by atoms with Gasteiger partial charge in [0, 0.05) is 13.1 Å². The van der Waals surface area contributed by atoms with E-state index < -0.39 is 0 Å². The molecule has 114 valence electrons. The lowest BCUT2D eigenvalue weighted by Crippen LogP contribution is -2.24. The minimum atomic E-state index is -0.130. The summed E-state index contributed by atoms with van der Waals surface area (Å²) in [5.74, 6) is 7.27. The maximum absolute atomic E-state index is 8.84. The van der Waals surface area contributed by atoms with Crippen LogP contribution in [0.25, 0.3) is 0 Å². The molecule has 2 rings (SSSR count). The monoisotopic (exact) mass is 287 g/mol. The summed E-state index contributed by atoms with van der Waals surface area (Å²) in [5, 5.41) is 8.84. The molecule has 1 fully saturated rings. The van der Waals surface area contributed by atoms with Crippen molar-refractivity contribution in [3.05, 3.63) is 29.3 Å². The fourth-order valence-corrected chi connectivity index (χ4v) is 3.10. The molecule has 0 radical (unpaired) electrons. The van der Waals surface area contributed by atoms with E-state index in [1.807, 2.05) is 6.07 Å². The summed E-state index contributed by atoms with van der Waals surface area (Å²) in [6.45, 7) is 1.97. The first-order valence-corrected chi connectivity index (χ1v) is 7.68. The van der Waals surface area contributed by atoms with Crippen molar-refractivity contribution in [3.63, 3.8) is 0 Å². The van der Waals surface area contributed by atoms with Crippen LogP contribution in [0.15, 0.2) is 18.2 Å². The molecule has 3 nitrogen and oxygen atoms in total. The minimum Gasteiger partial charge on any atom is -0.495 e. The van der Waals surface area contributed by atoms with Gasteiger partial charge in [-0.1, -0.05) is 30.7 Å². The zero-order valence-corrected chi connectivity index (χ0v) is 13.1. The van der Waals surface area contributed by atoms with Crippen LogP contribution in [0.4, 0.5) is 0 Å². The molecule has 21 heavy (non-hydrogen) atoms. The largest absolute Gasteiger partial charge is 0.495 e. The molecule has 0 heterocycles. The lowest BCUT2D eigenvalue weighted by Gasteiger charge is -2.21. The van der Waals surface area contributed by atoms with Crippen LogP contribution in [0.2, 0.25) is 0 Å². The Labute approximate surface area is 127 Å². The molecule has 1 aromatic carbocycles. The highest BCUT2D eigenvalue weighted by molar-refractivity contribution is 5.48. The number of methoxy groups -OCH3 is 1. The van der Waals surface area contributed by atoms with Crippen molar-refractivity contribution in [2.45, 2.75) is 32.2 Å². The van der Waals surface area contributed by atoms with E-state index in [2.05, 4.69) is 35.9 Å². The van der Waals surface area contributed by atoms with Gasteiger partial charge in [0.05, 0.1) is 12.7 Å². The van der Waals surface area contributed by atoms with Crippen molar-refractivity contribution in [1.82, 2.24) is 4.90 Å². The Hall–Kier alpha value is -1.50. The van der Waals surface area contributed by atoms with E-state index in [0.717, 1.165) is 23.8 Å². The van der Waals surface area contributed by atoms with Gasteiger partial charge < -0.3 is 14.7 Å². The smallest absolute Gasteiger partial charge is 0.134 e. The lowest BCUT2D eigenvalue weighted by atomic mass is 10.1. The first-order valence-electron chi connectivity index (χ1n) is 7.68. The summed E-state index contributed by atoms with van der Waals surface area (Å²) in [7, 11) is 3.83. The molecule has 0 spiro atoms. The van der Waals surface area contributed by atoms with Crippen LogP contribution in [0.1, 0.15) is 36.8 Å². The second-order valence-corrected chi connectivity index (χ2v) is 5.84. The molecule has 0 atom stereocenters. The van der Waals surface area contributed by atoms with Crippen LogP contribution >= 0.6 is 0 Å². The fourth-order valence-electron chi connectivity index (χ4n) is 3.10. The molecule has 3 heteroatoms. The Bertz CT molecular complexity index is 510. The number of hydrogen-bond donors (Lipinski definition) is 1. The van der Waals surface area contributed by atoms with Gasteiger partial charge >= 0.3 is 0 Å². The van der Waals surface area contributed by atoms with Crippen LogP contribution in [0.5, 0.6) is 5.75 Å². The number of aliphatic hydroxyl groups is 1. The highest BCUT2D eigenvalue weighted by Crippen LogP contribution is 2.26. The molecule has 1 aromatic rings. The molecule has 1 aliphatic rings. The maximum Gasteiger partial charge on any atom is 0.134 e. The zero-order valence-electron chi connectivity index (χ0n) is 13.1. The lowest BCUT2D eigenvalue weighted by molar-refractivity contribution is 0.271. The fraction of sp³-hybridized carbons (Fsp3) is 0.556. The van der Waals surface area contributed by atoms with Gasteiger partial charge in [-0.05, 0) is 43.5 Å². The van der Waals surface area contributed by atoms with Crippen LogP contribution in [0, 0.1) is 17.8 Å². The van der Waals surface area contributed by atoms with Gasteiger partial charge in [-0.3, -0.25) is 0 Å². The average molecular weight is 287 g/mol. The Kier molecular flexibility index (Phi) is 6.10. The first-order chi connectivity index (χ1) is 10.2. The molecule has 1 saturated carbocycles. The summed E-state index contributed by atoms with van der Waals surface area (Å²) >= 11 is 0. The molecule has 1 aliphatic carbocycles. The number of hydrogen-bond acceptors (Lipinski definition) is 3. The molecule has 0 saturated heterocycles. The Morgan fingerprint density at radius 3 is 2.76 bits per heavy atom. The van der Waals surface area contributed by atoms with E-state index in [9.17, 15) is 0 Å². The predicted octanol–water partition coefficient (Wildman–Crippen LogP) is 2.66. The van der Waals surface area contributed by atoms with Gasteiger partial charge in [0.2, 0.25) is 0 Å². The molecule has 0 amide bonds. The van der Waals surface area contributed by atoms with Crippen LogP contribution in [-0.4, -0.2) is 37.3 Å². The minimum absolute atomic E-state index is 0.130. The summed E-state index contributed by atoms with van der Waals surface area (Å²) < 4.78 is 5.31. The number of ether oxygens (including phenoxy) is 1. The normalized spacial score (nSPS) is 15.0. The van der Waals surface area contributed by atoms with Crippen molar-refractivity contribution in [1.29, 1.82) is 0 Å². The number of benzene rings is 1. The van der Waals surface area contributed by atoms with E-state index in [0.29, 0.717) is 0 Å². The summed E-state index contributed by atoms with van der Waals surface area (Å²) in [5.41, 5.74) is 2.08. The second-order valence-electron chi connectivity index (χ2n) is 5.84. The van der Waals surface area contributed by atoms with Crippen LogP contribution in [0.3, 0.4) is 0 Å². The summed E-state index contributed by atoms with van der Waals surface area (Å²) in [4.78, 5) is 2.39. The second kappa shape index (κ2) is 8.07. The quantitative estimate of drug-likeness (QED) is 0.845. The summed E-state index contributed by atoms with van der Waals surface area (Å²) in [6.07, 6.45) is 5.53. The van der Waals surface area contributed by atoms with Gasteiger partial charge in [0.25, 0.3) is 0 Å². The van der Waals surface area contributed by atoms with Gasteiger partial charge in [0.1, 0.15) is 12.4 Å². The van der Waals surface area contributed by atoms with Crippen molar-refractivity contribution < 1.29 is 9.84 Å². The van der Waals surface area contributed by atoms with E-state index >= 15 is 0 Å². The van der Waals surface area contributed by atoms with Crippen LogP contribution < -0.4 is 4.74 Å². The highest BCUT2D eigenvalue weighted by atomic mass is 16.5. The molecule has 0 unspecified atom stereocenters. The van der Waals surface area contributed by atoms with Gasteiger partial charge in [0.15, 0.2) is 0 Å². The van der Waals surface area contributed by atoms with Crippen molar-refractivity contribution in [3.8, 4) is 17.6 Å². The van der Waals surface area contributed by atoms with Gasteiger partial charge in [-0.2, -0.15) is 0 Å².